The van der Waals surface area contributed by atoms with E-state index in [1.165, 1.54) is 0 Å². The Kier molecular flexibility index (Phi) is 5.03. The number of hydrogen-bond acceptors (Lipinski definition) is 3. The van der Waals surface area contributed by atoms with Crippen LogP contribution in [0.1, 0.15) is 58.2 Å². The lowest BCUT2D eigenvalue weighted by atomic mass is 10.0. The fraction of sp³-hybridized carbons (Fsp3) is 0.391. The van der Waals surface area contributed by atoms with Crippen molar-refractivity contribution in [3.8, 4) is 5.75 Å². The molecule has 2 aromatic carbocycles. The fourth-order valence-electron chi connectivity index (χ4n) is 4.30. The van der Waals surface area contributed by atoms with Crippen molar-refractivity contribution in [1.82, 2.24) is 9.80 Å². The second kappa shape index (κ2) is 7.38. The summed E-state index contributed by atoms with van der Waals surface area (Å²) in [6.45, 7) is 7.11. The van der Waals surface area contributed by atoms with Gasteiger partial charge >= 0.3 is 0 Å². The smallest absolute Gasteiger partial charge is 0.254 e. The molecular weight excluding hydrogens is 388 g/mol. The third kappa shape index (κ3) is 3.18. The average Bonchev–Trinajstić information content (AvgIpc) is 3.22. The van der Waals surface area contributed by atoms with Crippen molar-refractivity contribution >= 4 is 23.4 Å². The molecule has 0 N–H and O–H groups in total. The quantitative estimate of drug-likeness (QED) is 0.735. The summed E-state index contributed by atoms with van der Waals surface area (Å²) < 4.78 is 5.42. The van der Waals surface area contributed by atoms with Crippen LogP contribution in [0.5, 0.6) is 5.75 Å². The molecule has 2 amide bonds. The lowest BCUT2D eigenvalue weighted by Gasteiger charge is -2.25. The van der Waals surface area contributed by atoms with E-state index < -0.39 is 0 Å². The number of carbonyl (C=O) groups excluding carboxylic acids is 2. The number of halogens is 1. The zero-order valence-corrected chi connectivity index (χ0v) is 17.9. The van der Waals surface area contributed by atoms with Crippen LogP contribution in [-0.4, -0.2) is 40.8 Å². The van der Waals surface area contributed by atoms with Crippen molar-refractivity contribution < 1.29 is 14.3 Å². The van der Waals surface area contributed by atoms with Gasteiger partial charge in [-0.3, -0.25) is 9.59 Å². The van der Waals surface area contributed by atoms with Crippen molar-refractivity contribution in [3.05, 3.63) is 63.2 Å². The number of nitrogens with zero attached hydrogens (tertiary/aromatic N) is 2. The van der Waals surface area contributed by atoms with Gasteiger partial charge in [0.2, 0.25) is 0 Å². The Bertz CT molecular complexity index is 1000. The minimum absolute atomic E-state index is 0.0184. The van der Waals surface area contributed by atoms with Gasteiger partial charge in [0.25, 0.3) is 11.8 Å². The van der Waals surface area contributed by atoms with Crippen LogP contribution in [-0.2, 0) is 19.5 Å². The first-order chi connectivity index (χ1) is 13.8. The zero-order chi connectivity index (χ0) is 20.9. The maximum atomic E-state index is 12.9. The Balaban J connectivity index is 1.56. The molecule has 2 aromatic rings. The summed E-state index contributed by atoms with van der Waals surface area (Å²) in [6.07, 6.45) is 0.629. The van der Waals surface area contributed by atoms with Crippen molar-refractivity contribution in [3.63, 3.8) is 0 Å². The van der Waals surface area contributed by atoms with Crippen LogP contribution in [0.3, 0.4) is 0 Å². The summed E-state index contributed by atoms with van der Waals surface area (Å²) in [7, 11) is 1.62. The van der Waals surface area contributed by atoms with Crippen LogP contribution in [0, 0.1) is 0 Å². The summed E-state index contributed by atoms with van der Waals surface area (Å²) in [5.41, 5.74) is 4.19. The van der Waals surface area contributed by atoms with Gasteiger partial charge in [0.1, 0.15) is 5.75 Å². The van der Waals surface area contributed by atoms with E-state index in [9.17, 15) is 9.59 Å². The molecule has 1 unspecified atom stereocenters. The maximum Gasteiger partial charge on any atom is 0.254 e. The Morgan fingerprint density at radius 2 is 1.62 bits per heavy atom. The molecule has 0 fully saturated rings. The first-order valence-electron chi connectivity index (χ1n) is 9.91. The third-order valence-electron chi connectivity index (χ3n) is 5.99. The number of rotatable bonds is 5. The van der Waals surface area contributed by atoms with Gasteiger partial charge in [0, 0.05) is 45.9 Å². The molecule has 0 saturated carbocycles. The van der Waals surface area contributed by atoms with E-state index in [1.807, 2.05) is 60.9 Å². The monoisotopic (exact) mass is 412 g/mol. The van der Waals surface area contributed by atoms with Crippen LogP contribution in [0.15, 0.2) is 30.3 Å². The number of methoxy groups -OCH3 is 1. The fourth-order valence-corrected chi connectivity index (χ4v) is 4.60. The molecule has 0 spiro atoms. The number of carbonyl (C=O) groups is 2. The molecule has 0 aromatic heterocycles. The van der Waals surface area contributed by atoms with Crippen LogP contribution in [0.4, 0.5) is 0 Å². The zero-order valence-electron chi connectivity index (χ0n) is 17.2. The molecule has 2 aliphatic rings. The van der Waals surface area contributed by atoms with E-state index in [2.05, 4.69) is 0 Å². The summed E-state index contributed by atoms with van der Waals surface area (Å²) in [5.74, 6) is 0.798. The van der Waals surface area contributed by atoms with Gasteiger partial charge in [-0.05, 0) is 51.0 Å². The summed E-state index contributed by atoms with van der Waals surface area (Å²) in [5, 5.41) is 0.646. The molecule has 0 bridgehead atoms. The van der Waals surface area contributed by atoms with E-state index >= 15 is 0 Å². The highest BCUT2D eigenvalue weighted by Crippen LogP contribution is 2.36. The second-order valence-corrected chi connectivity index (χ2v) is 8.44. The topological polar surface area (TPSA) is 49.9 Å². The summed E-state index contributed by atoms with van der Waals surface area (Å²) >= 11 is 6.71. The number of ether oxygens (including phenoxy) is 1. The first kappa shape index (κ1) is 19.8. The number of hydrogen-bond donors (Lipinski definition) is 0. The second-order valence-electron chi connectivity index (χ2n) is 8.06. The number of amides is 2. The number of benzene rings is 2. The molecule has 2 heterocycles. The van der Waals surface area contributed by atoms with Crippen LogP contribution in [0.25, 0.3) is 0 Å². The van der Waals surface area contributed by atoms with Gasteiger partial charge in [-0.25, -0.2) is 0 Å². The summed E-state index contributed by atoms with van der Waals surface area (Å²) in [4.78, 5) is 29.2. The molecular formula is C23H25ClN2O3. The van der Waals surface area contributed by atoms with E-state index in [4.69, 9.17) is 16.3 Å². The summed E-state index contributed by atoms with van der Waals surface area (Å²) in [6, 6.07) is 9.47. The van der Waals surface area contributed by atoms with Gasteiger partial charge in [-0.1, -0.05) is 23.7 Å². The van der Waals surface area contributed by atoms with Crippen LogP contribution >= 0.6 is 11.6 Å². The van der Waals surface area contributed by atoms with Crippen LogP contribution in [0.2, 0.25) is 5.02 Å². The van der Waals surface area contributed by atoms with Gasteiger partial charge in [-0.2, -0.15) is 0 Å². The molecule has 2 aliphatic heterocycles. The molecule has 0 saturated heterocycles. The minimum atomic E-state index is -0.0338. The van der Waals surface area contributed by atoms with Gasteiger partial charge < -0.3 is 14.5 Å². The first-order valence-corrected chi connectivity index (χ1v) is 10.3. The SMILES string of the molecule is COc1cccc2c1CN(C(C)Cc1ccc3c(c1Cl)CN(C(C)C)C3=O)C2=O. The minimum Gasteiger partial charge on any atom is -0.496 e. The van der Waals surface area contributed by atoms with Gasteiger partial charge in [0.05, 0.1) is 13.7 Å². The highest BCUT2D eigenvalue weighted by atomic mass is 35.5. The molecule has 0 radical (unpaired) electrons. The van der Waals surface area contributed by atoms with Gasteiger partial charge in [-0.15, -0.1) is 0 Å². The lowest BCUT2D eigenvalue weighted by Crippen LogP contribution is -2.34. The molecule has 4 rings (SSSR count). The van der Waals surface area contributed by atoms with E-state index in [0.717, 1.165) is 22.4 Å². The third-order valence-corrected chi connectivity index (χ3v) is 6.46. The molecule has 1 atom stereocenters. The Morgan fingerprint density at radius 1 is 0.966 bits per heavy atom. The highest BCUT2D eigenvalue weighted by molar-refractivity contribution is 6.33. The average molecular weight is 413 g/mol. The van der Waals surface area contributed by atoms with Gasteiger partial charge in [0.15, 0.2) is 0 Å². The largest absolute Gasteiger partial charge is 0.496 e. The highest BCUT2D eigenvalue weighted by Gasteiger charge is 2.35. The van der Waals surface area contributed by atoms with E-state index in [-0.39, 0.29) is 23.9 Å². The maximum absolute atomic E-state index is 12.9. The predicted octanol–water partition coefficient (Wildman–Crippen LogP) is 4.30. The standard InChI is InChI=1S/C23H25ClN2O3/c1-13(2)25-12-19-17(22(25)27)9-8-15(21(19)24)10-14(3)26-11-18-16(23(26)28)6-5-7-20(18)29-4/h5-9,13-14H,10-12H2,1-4H3. The van der Waals surface area contributed by atoms with Crippen molar-refractivity contribution in [2.45, 2.75) is 52.4 Å². The predicted molar refractivity (Wildman–Crippen MR) is 112 cm³/mol. The number of fused-ring (bicyclic) bond motifs is 2. The molecule has 29 heavy (non-hydrogen) atoms. The normalized spacial score (nSPS) is 16.5. The van der Waals surface area contributed by atoms with Crippen molar-refractivity contribution in [2.75, 3.05) is 7.11 Å². The lowest BCUT2D eigenvalue weighted by molar-refractivity contribution is 0.0712. The van der Waals surface area contributed by atoms with E-state index in [0.29, 0.717) is 35.7 Å². The molecule has 152 valence electrons. The Morgan fingerprint density at radius 3 is 2.31 bits per heavy atom. The van der Waals surface area contributed by atoms with Crippen molar-refractivity contribution in [2.24, 2.45) is 0 Å². The Hall–Kier alpha value is -2.53. The molecule has 6 heteroatoms. The Labute approximate surface area is 176 Å². The molecule has 5 nitrogen and oxygen atoms in total. The van der Waals surface area contributed by atoms with Crippen molar-refractivity contribution in [1.29, 1.82) is 0 Å². The van der Waals surface area contributed by atoms with Crippen LogP contribution < -0.4 is 4.74 Å². The van der Waals surface area contributed by atoms with E-state index in [1.54, 1.807) is 7.11 Å². The molecule has 0 aliphatic carbocycles.